The van der Waals surface area contributed by atoms with E-state index < -0.39 is 12.0 Å². The highest BCUT2D eigenvalue weighted by molar-refractivity contribution is 7.99. The van der Waals surface area contributed by atoms with Gasteiger partial charge in [0.15, 0.2) is 0 Å². The van der Waals surface area contributed by atoms with Crippen molar-refractivity contribution in [1.29, 1.82) is 0 Å². The minimum atomic E-state index is -0.926. The number of carboxylic acids is 1. The number of thioether (sulfide) groups is 1. The monoisotopic (exact) mass is 288 g/mol. The quantitative estimate of drug-likeness (QED) is 0.812. The van der Waals surface area contributed by atoms with Crippen LogP contribution in [0.25, 0.3) is 0 Å². The van der Waals surface area contributed by atoms with Gasteiger partial charge in [-0.15, -0.1) is 11.8 Å². The molecule has 0 unspecified atom stereocenters. The van der Waals surface area contributed by atoms with Crippen molar-refractivity contribution in [2.45, 2.75) is 33.7 Å². The molecule has 0 radical (unpaired) electrons. The molecule has 110 valence electrons. The first kappa shape index (κ1) is 16.1. The summed E-state index contributed by atoms with van der Waals surface area (Å²) < 4.78 is 0. The van der Waals surface area contributed by atoms with Gasteiger partial charge >= 0.3 is 12.0 Å². The molecule has 0 saturated carbocycles. The first-order chi connectivity index (χ1) is 8.84. The Hall–Kier alpha value is -0.910. The smallest absolute Gasteiger partial charge is 0.327 e. The van der Waals surface area contributed by atoms with Gasteiger partial charge in [0, 0.05) is 12.3 Å². The van der Waals surface area contributed by atoms with Crippen LogP contribution < -0.4 is 5.32 Å². The Labute approximate surface area is 119 Å². The summed E-state index contributed by atoms with van der Waals surface area (Å²) in [6.07, 6.45) is 0. The number of amides is 2. The Morgan fingerprint density at radius 3 is 2.37 bits per heavy atom. The fraction of sp³-hybridized carbons (Fsp3) is 0.846. The molecule has 2 amide bonds. The van der Waals surface area contributed by atoms with Gasteiger partial charge in [-0.25, -0.2) is 9.59 Å². The Balaban J connectivity index is 2.53. The van der Waals surface area contributed by atoms with Crippen molar-refractivity contribution in [3.63, 3.8) is 0 Å². The number of nitrogens with one attached hydrogen (secondary N) is 1. The fourth-order valence-electron chi connectivity index (χ4n) is 2.40. The van der Waals surface area contributed by atoms with Gasteiger partial charge in [0.2, 0.25) is 0 Å². The second kappa shape index (κ2) is 7.03. The zero-order chi connectivity index (χ0) is 14.6. The van der Waals surface area contributed by atoms with E-state index in [1.807, 2.05) is 0 Å². The molecule has 1 aliphatic heterocycles. The summed E-state index contributed by atoms with van der Waals surface area (Å²) in [5.41, 5.74) is 0. The molecule has 0 bridgehead atoms. The molecule has 1 saturated heterocycles. The summed E-state index contributed by atoms with van der Waals surface area (Å²) in [5, 5.41) is 11.9. The lowest BCUT2D eigenvalue weighted by atomic mass is 9.85. The normalized spacial score (nSPS) is 19.5. The Bertz CT molecular complexity index is 326. The Morgan fingerprint density at radius 1 is 1.32 bits per heavy atom. The Morgan fingerprint density at radius 2 is 1.89 bits per heavy atom. The number of carbonyl (C=O) groups is 2. The molecule has 0 aromatic rings. The maximum atomic E-state index is 12.0. The first-order valence-electron chi connectivity index (χ1n) is 6.69. The highest BCUT2D eigenvalue weighted by atomic mass is 32.2. The van der Waals surface area contributed by atoms with E-state index in [9.17, 15) is 9.59 Å². The second-order valence-electron chi connectivity index (χ2n) is 5.66. The van der Waals surface area contributed by atoms with Crippen molar-refractivity contribution in [2.24, 2.45) is 17.8 Å². The summed E-state index contributed by atoms with van der Waals surface area (Å²) in [4.78, 5) is 24.5. The number of carbonyl (C=O) groups excluding carboxylic acids is 1. The molecule has 0 aromatic heterocycles. The average Bonchev–Trinajstić information content (AvgIpc) is 2.76. The third kappa shape index (κ3) is 4.30. The predicted molar refractivity (Wildman–Crippen MR) is 77.2 cm³/mol. The van der Waals surface area contributed by atoms with Gasteiger partial charge in [-0.1, -0.05) is 27.7 Å². The van der Waals surface area contributed by atoms with Crippen LogP contribution in [0.2, 0.25) is 0 Å². The molecular formula is C13H24N2O3S. The van der Waals surface area contributed by atoms with Crippen LogP contribution in [-0.4, -0.2) is 46.2 Å². The molecule has 0 aromatic carbocycles. The fourth-order valence-corrected chi connectivity index (χ4v) is 3.54. The number of urea groups is 1. The summed E-state index contributed by atoms with van der Waals surface area (Å²) in [7, 11) is 0. The van der Waals surface area contributed by atoms with Gasteiger partial charge in [0.05, 0.1) is 5.88 Å². The van der Waals surface area contributed by atoms with Gasteiger partial charge in [-0.2, -0.15) is 0 Å². The molecule has 0 spiro atoms. The van der Waals surface area contributed by atoms with E-state index in [0.29, 0.717) is 35.9 Å². The lowest BCUT2D eigenvalue weighted by Gasteiger charge is -2.27. The standard InChI is InChI=1S/C13H24N2O3S/c1-8(2)10(9(3)4)5-14-13(18)15-7-19-6-11(15)12(16)17/h8-11H,5-7H2,1-4H3,(H,14,18)(H,16,17)/t11-/m0/s1. The molecule has 1 aliphatic rings. The average molecular weight is 288 g/mol. The lowest BCUT2D eigenvalue weighted by molar-refractivity contribution is -0.140. The van der Waals surface area contributed by atoms with E-state index >= 15 is 0 Å². The van der Waals surface area contributed by atoms with Crippen LogP contribution in [0.4, 0.5) is 4.79 Å². The van der Waals surface area contributed by atoms with E-state index in [0.717, 1.165) is 0 Å². The maximum Gasteiger partial charge on any atom is 0.327 e. The van der Waals surface area contributed by atoms with Gasteiger partial charge in [-0.3, -0.25) is 0 Å². The van der Waals surface area contributed by atoms with Crippen molar-refractivity contribution in [1.82, 2.24) is 10.2 Å². The molecule has 19 heavy (non-hydrogen) atoms. The van der Waals surface area contributed by atoms with E-state index in [4.69, 9.17) is 5.11 Å². The molecule has 2 N–H and O–H groups in total. The number of carboxylic acid groups (broad SMARTS) is 1. The third-order valence-corrected chi connectivity index (χ3v) is 4.64. The molecule has 1 rings (SSSR count). The number of nitrogens with zero attached hydrogens (tertiary/aromatic N) is 1. The Kier molecular flexibility index (Phi) is 5.97. The third-order valence-electron chi connectivity index (χ3n) is 3.63. The molecule has 1 heterocycles. The summed E-state index contributed by atoms with van der Waals surface area (Å²) in [5.74, 6) is 1.39. The van der Waals surface area contributed by atoms with Crippen molar-refractivity contribution >= 4 is 23.8 Å². The van der Waals surface area contributed by atoms with Crippen LogP contribution in [-0.2, 0) is 4.79 Å². The molecule has 0 aliphatic carbocycles. The van der Waals surface area contributed by atoms with Crippen molar-refractivity contribution in [2.75, 3.05) is 18.2 Å². The predicted octanol–water partition coefficient (Wildman–Crippen LogP) is 2.08. The summed E-state index contributed by atoms with van der Waals surface area (Å²) in [6.45, 7) is 9.16. The van der Waals surface area contributed by atoms with E-state index in [1.54, 1.807) is 0 Å². The largest absolute Gasteiger partial charge is 0.480 e. The zero-order valence-corrected chi connectivity index (χ0v) is 12.9. The lowest BCUT2D eigenvalue weighted by Crippen LogP contribution is -2.48. The van der Waals surface area contributed by atoms with Crippen LogP contribution >= 0.6 is 11.8 Å². The molecule has 6 heteroatoms. The molecule has 1 atom stereocenters. The van der Waals surface area contributed by atoms with Gasteiger partial charge in [0.1, 0.15) is 6.04 Å². The molecule has 5 nitrogen and oxygen atoms in total. The second-order valence-corrected chi connectivity index (χ2v) is 6.66. The first-order valence-corrected chi connectivity index (χ1v) is 7.85. The molecular weight excluding hydrogens is 264 g/mol. The number of hydrogen-bond donors (Lipinski definition) is 2. The molecule has 1 fully saturated rings. The van der Waals surface area contributed by atoms with Crippen LogP contribution in [0.3, 0.4) is 0 Å². The summed E-state index contributed by atoms with van der Waals surface area (Å²) >= 11 is 1.48. The van der Waals surface area contributed by atoms with E-state index in [-0.39, 0.29) is 6.03 Å². The highest BCUT2D eigenvalue weighted by Crippen LogP contribution is 2.22. The van der Waals surface area contributed by atoms with E-state index in [1.165, 1.54) is 16.7 Å². The van der Waals surface area contributed by atoms with Crippen molar-refractivity contribution in [3.05, 3.63) is 0 Å². The van der Waals surface area contributed by atoms with Crippen LogP contribution in [0.5, 0.6) is 0 Å². The maximum absolute atomic E-state index is 12.0. The van der Waals surface area contributed by atoms with Crippen molar-refractivity contribution in [3.8, 4) is 0 Å². The number of aliphatic carboxylic acids is 1. The minimum Gasteiger partial charge on any atom is -0.480 e. The zero-order valence-electron chi connectivity index (χ0n) is 12.0. The summed E-state index contributed by atoms with van der Waals surface area (Å²) in [6, 6.07) is -0.953. The number of hydrogen-bond acceptors (Lipinski definition) is 3. The SMILES string of the molecule is CC(C)C(CNC(=O)N1CSC[C@H]1C(=O)O)C(C)C. The van der Waals surface area contributed by atoms with Gasteiger partial charge in [-0.05, 0) is 17.8 Å². The van der Waals surface area contributed by atoms with E-state index in [2.05, 4.69) is 33.0 Å². The van der Waals surface area contributed by atoms with Gasteiger partial charge in [0.25, 0.3) is 0 Å². The topological polar surface area (TPSA) is 69.6 Å². The van der Waals surface area contributed by atoms with Crippen LogP contribution in [0.1, 0.15) is 27.7 Å². The van der Waals surface area contributed by atoms with Gasteiger partial charge < -0.3 is 15.3 Å². The van der Waals surface area contributed by atoms with Crippen molar-refractivity contribution < 1.29 is 14.7 Å². The van der Waals surface area contributed by atoms with Crippen LogP contribution in [0, 0.1) is 17.8 Å². The number of rotatable bonds is 5. The van der Waals surface area contributed by atoms with Crippen LogP contribution in [0.15, 0.2) is 0 Å². The highest BCUT2D eigenvalue weighted by Gasteiger charge is 2.34. The minimum absolute atomic E-state index is 0.260.